The van der Waals surface area contributed by atoms with Crippen LogP contribution in [0.1, 0.15) is 34.7 Å². The Kier molecular flexibility index (Phi) is 5.83. The number of aryl methyl sites for hydroxylation is 1. The van der Waals surface area contributed by atoms with Crippen molar-refractivity contribution >= 4 is 17.3 Å². The molecule has 1 aliphatic rings. The van der Waals surface area contributed by atoms with E-state index in [1.807, 2.05) is 30.6 Å². The number of nitrogens with zero attached hydrogens (tertiary/aromatic N) is 5. The van der Waals surface area contributed by atoms with Crippen LogP contribution in [-0.4, -0.2) is 56.6 Å². The molecule has 1 fully saturated rings. The molecule has 6 nitrogen and oxygen atoms in total. The molecular formula is C23H28N6S. The van der Waals surface area contributed by atoms with E-state index in [-0.39, 0.29) is 12.1 Å². The predicted octanol–water partition coefficient (Wildman–Crippen LogP) is 3.42. The molecule has 0 aromatic carbocycles. The molecule has 0 saturated carbocycles. The van der Waals surface area contributed by atoms with Crippen LogP contribution in [0.5, 0.6) is 0 Å². The van der Waals surface area contributed by atoms with Gasteiger partial charge in [0.25, 0.3) is 0 Å². The minimum Gasteiger partial charge on any atom is -0.352 e. The van der Waals surface area contributed by atoms with Crippen LogP contribution in [0.4, 0.5) is 0 Å². The molecule has 0 spiro atoms. The molecule has 1 saturated heterocycles. The number of hydrogen-bond acceptors (Lipinski definition) is 4. The van der Waals surface area contributed by atoms with Crippen molar-refractivity contribution in [1.29, 1.82) is 0 Å². The van der Waals surface area contributed by atoms with Gasteiger partial charge in [0.05, 0.1) is 29.7 Å². The lowest BCUT2D eigenvalue weighted by Crippen LogP contribution is -2.35. The maximum atomic E-state index is 5.77. The van der Waals surface area contributed by atoms with E-state index in [4.69, 9.17) is 12.2 Å². The average Bonchev–Trinajstić information content (AvgIpc) is 3.22. The fourth-order valence-corrected chi connectivity index (χ4v) is 4.59. The smallest absolute Gasteiger partial charge is 0.170 e. The van der Waals surface area contributed by atoms with Gasteiger partial charge in [-0.25, -0.2) is 0 Å². The molecule has 4 rings (SSSR count). The van der Waals surface area contributed by atoms with Gasteiger partial charge < -0.3 is 19.7 Å². The number of thiocarbonyl (C=S) groups is 1. The Morgan fingerprint density at radius 2 is 1.97 bits per heavy atom. The highest BCUT2D eigenvalue weighted by molar-refractivity contribution is 7.80. The number of likely N-dealkylation sites (N-methyl/N-ethyl adjacent to an activating group) is 1. The Labute approximate surface area is 183 Å². The first-order chi connectivity index (χ1) is 14.5. The zero-order chi connectivity index (χ0) is 21.3. The maximum Gasteiger partial charge on any atom is 0.170 e. The first-order valence-electron chi connectivity index (χ1n) is 10.2. The van der Waals surface area contributed by atoms with Gasteiger partial charge >= 0.3 is 0 Å². The summed E-state index contributed by atoms with van der Waals surface area (Å²) >= 11 is 5.77. The minimum absolute atomic E-state index is 0.00344. The van der Waals surface area contributed by atoms with Crippen LogP contribution >= 0.6 is 12.2 Å². The van der Waals surface area contributed by atoms with Crippen molar-refractivity contribution in [3.8, 4) is 5.69 Å². The lowest BCUT2D eigenvalue weighted by atomic mass is 9.97. The number of rotatable bonds is 6. The summed E-state index contributed by atoms with van der Waals surface area (Å²) in [6.07, 6.45) is 5.55. The molecule has 4 heterocycles. The number of aromatic nitrogens is 3. The van der Waals surface area contributed by atoms with Gasteiger partial charge in [0.1, 0.15) is 0 Å². The number of nitrogens with one attached hydrogen (secondary N) is 1. The summed E-state index contributed by atoms with van der Waals surface area (Å²) in [6, 6.07) is 12.5. The van der Waals surface area contributed by atoms with Crippen molar-refractivity contribution in [2.45, 2.75) is 25.9 Å². The molecule has 0 unspecified atom stereocenters. The van der Waals surface area contributed by atoms with E-state index >= 15 is 0 Å². The summed E-state index contributed by atoms with van der Waals surface area (Å²) in [5.41, 5.74) is 5.72. The fraction of sp³-hybridized carbons (Fsp3) is 0.348. The van der Waals surface area contributed by atoms with Gasteiger partial charge in [0, 0.05) is 36.9 Å². The molecule has 0 aliphatic carbocycles. The largest absolute Gasteiger partial charge is 0.352 e. The SMILES string of the molecule is Cc1cc([C@H]2[C@@H](c3ccccn3)NC(=S)N2CCN(C)C)c(C)n1-c1cccnc1. The molecule has 3 aromatic rings. The Balaban J connectivity index is 1.80. The van der Waals surface area contributed by atoms with Crippen LogP contribution in [-0.2, 0) is 0 Å². The molecule has 0 radical (unpaired) electrons. The summed E-state index contributed by atoms with van der Waals surface area (Å²) in [5, 5.41) is 4.32. The van der Waals surface area contributed by atoms with Gasteiger partial charge in [0.15, 0.2) is 5.11 Å². The van der Waals surface area contributed by atoms with Gasteiger partial charge in [-0.15, -0.1) is 0 Å². The third-order valence-corrected chi connectivity index (χ3v) is 6.03. The highest BCUT2D eigenvalue weighted by Crippen LogP contribution is 2.41. The Hall–Kier alpha value is -2.77. The zero-order valence-electron chi connectivity index (χ0n) is 17.9. The van der Waals surface area contributed by atoms with Crippen LogP contribution in [0, 0.1) is 13.8 Å². The van der Waals surface area contributed by atoms with Gasteiger partial charge in [-0.05, 0) is 76.1 Å². The van der Waals surface area contributed by atoms with Crippen molar-refractivity contribution < 1.29 is 0 Å². The van der Waals surface area contributed by atoms with E-state index in [0.717, 1.165) is 29.6 Å². The maximum absolute atomic E-state index is 5.77. The highest BCUT2D eigenvalue weighted by Gasteiger charge is 2.41. The van der Waals surface area contributed by atoms with Crippen LogP contribution in [0.25, 0.3) is 5.69 Å². The van der Waals surface area contributed by atoms with Crippen molar-refractivity contribution in [1.82, 2.24) is 29.7 Å². The summed E-state index contributed by atoms with van der Waals surface area (Å²) in [5.74, 6) is 0. The Bertz CT molecular complexity index is 1010. The van der Waals surface area contributed by atoms with Crippen molar-refractivity contribution in [3.05, 3.63) is 77.6 Å². The topological polar surface area (TPSA) is 49.2 Å². The van der Waals surface area contributed by atoms with Crippen LogP contribution in [0.2, 0.25) is 0 Å². The van der Waals surface area contributed by atoms with E-state index < -0.39 is 0 Å². The Morgan fingerprint density at radius 3 is 2.63 bits per heavy atom. The molecular weight excluding hydrogens is 392 g/mol. The van der Waals surface area contributed by atoms with Gasteiger partial charge in [0.2, 0.25) is 0 Å². The molecule has 0 bridgehead atoms. The second-order valence-corrected chi connectivity index (χ2v) is 8.38. The molecule has 7 heteroatoms. The zero-order valence-corrected chi connectivity index (χ0v) is 18.7. The third kappa shape index (κ3) is 3.82. The van der Waals surface area contributed by atoms with E-state index in [1.54, 1.807) is 6.20 Å². The molecule has 2 atom stereocenters. The summed E-state index contributed by atoms with van der Waals surface area (Å²) in [4.78, 5) is 13.4. The molecule has 0 amide bonds. The molecule has 1 aliphatic heterocycles. The molecule has 1 N–H and O–H groups in total. The van der Waals surface area contributed by atoms with Gasteiger partial charge in [-0.2, -0.15) is 0 Å². The third-order valence-electron chi connectivity index (χ3n) is 5.68. The quantitative estimate of drug-likeness (QED) is 0.617. The van der Waals surface area contributed by atoms with Gasteiger partial charge in [-0.3, -0.25) is 9.97 Å². The van der Waals surface area contributed by atoms with E-state index in [0.29, 0.717) is 0 Å². The molecule has 3 aromatic heterocycles. The van der Waals surface area contributed by atoms with E-state index in [1.165, 1.54) is 17.0 Å². The minimum atomic E-state index is 0.00344. The van der Waals surface area contributed by atoms with Crippen LogP contribution in [0.15, 0.2) is 55.0 Å². The van der Waals surface area contributed by atoms with Crippen molar-refractivity contribution in [2.75, 3.05) is 27.2 Å². The summed E-state index contributed by atoms with van der Waals surface area (Å²) < 4.78 is 2.27. The standard InChI is InChI=1S/C23H28N6S/c1-16-14-19(17(2)29(16)18-8-7-10-24-15-18)22-21(20-9-5-6-11-25-20)26-23(30)28(22)13-12-27(3)4/h5-11,14-15,21-22H,12-13H2,1-4H3,(H,26,30)/t21-,22+/m1/s1. The summed E-state index contributed by atoms with van der Waals surface area (Å²) in [6.45, 7) is 6.10. The first kappa shape index (κ1) is 20.5. The Morgan fingerprint density at radius 1 is 1.13 bits per heavy atom. The predicted molar refractivity (Wildman–Crippen MR) is 124 cm³/mol. The number of hydrogen-bond donors (Lipinski definition) is 1. The average molecular weight is 421 g/mol. The van der Waals surface area contributed by atoms with Gasteiger partial charge in [-0.1, -0.05) is 6.07 Å². The van der Waals surface area contributed by atoms with Crippen LogP contribution in [0.3, 0.4) is 0 Å². The van der Waals surface area contributed by atoms with Crippen molar-refractivity contribution in [2.24, 2.45) is 0 Å². The van der Waals surface area contributed by atoms with E-state index in [9.17, 15) is 0 Å². The lowest BCUT2D eigenvalue weighted by Gasteiger charge is -2.29. The molecule has 30 heavy (non-hydrogen) atoms. The fourth-order valence-electron chi connectivity index (χ4n) is 4.26. The highest BCUT2D eigenvalue weighted by atomic mass is 32.1. The molecule has 156 valence electrons. The first-order valence-corrected chi connectivity index (χ1v) is 10.6. The summed E-state index contributed by atoms with van der Waals surface area (Å²) in [7, 11) is 4.18. The second kappa shape index (κ2) is 8.53. The normalized spacial score (nSPS) is 18.8. The lowest BCUT2D eigenvalue weighted by molar-refractivity contribution is 0.277. The van der Waals surface area contributed by atoms with Crippen molar-refractivity contribution in [3.63, 3.8) is 0 Å². The number of pyridine rings is 2. The van der Waals surface area contributed by atoms with Crippen LogP contribution < -0.4 is 5.32 Å². The second-order valence-electron chi connectivity index (χ2n) is 8.00. The van der Waals surface area contributed by atoms with E-state index in [2.05, 4.69) is 75.8 Å². The monoisotopic (exact) mass is 420 g/mol.